The molecule has 122 valence electrons. The topological polar surface area (TPSA) is 55.2 Å². The lowest BCUT2D eigenvalue weighted by atomic mass is 10.2. The molecule has 1 atom stereocenters. The fourth-order valence-electron chi connectivity index (χ4n) is 2.84. The first-order valence-corrected chi connectivity index (χ1v) is 7.99. The van der Waals surface area contributed by atoms with Crippen LogP contribution in [0.15, 0.2) is 33.8 Å². The number of rotatable bonds is 3. The average Bonchev–Trinajstić information content (AvgIpc) is 3.00. The molecule has 2 aromatic rings. The highest BCUT2D eigenvalue weighted by molar-refractivity contribution is 9.10. The number of fused-ring (bicyclic) bond motifs is 1. The summed E-state index contributed by atoms with van der Waals surface area (Å²) in [6.45, 7) is 0.0205. The summed E-state index contributed by atoms with van der Waals surface area (Å²) in [6.07, 6.45) is -0.437. The zero-order chi connectivity index (χ0) is 16.6. The van der Waals surface area contributed by atoms with Crippen molar-refractivity contribution in [1.29, 1.82) is 0 Å². The molecular weight excluding hydrogens is 372 g/mol. The summed E-state index contributed by atoms with van der Waals surface area (Å²) >= 11 is 3.29. The van der Waals surface area contributed by atoms with E-state index in [-0.39, 0.29) is 12.1 Å². The van der Waals surface area contributed by atoms with Gasteiger partial charge < -0.3 is 4.90 Å². The van der Waals surface area contributed by atoms with Gasteiger partial charge in [0.15, 0.2) is 0 Å². The predicted molar refractivity (Wildman–Crippen MR) is 84.4 cm³/mol. The fraction of sp³-hybridized carbons (Fsp3) is 0.400. The van der Waals surface area contributed by atoms with E-state index in [0.29, 0.717) is 30.3 Å². The average molecular weight is 386 g/mol. The third-order valence-electron chi connectivity index (χ3n) is 4.00. The van der Waals surface area contributed by atoms with Crippen molar-refractivity contribution in [1.82, 2.24) is 14.5 Å². The highest BCUT2D eigenvalue weighted by Crippen LogP contribution is 2.23. The number of nitrogens with zero attached hydrogens (tertiary/aromatic N) is 3. The molecule has 1 saturated heterocycles. The Hall–Kier alpha value is -1.83. The van der Waals surface area contributed by atoms with Crippen LogP contribution in [0.25, 0.3) is 10.9 Å². The van der Waals surface area contributed by atoms with Crippen molar-refractivity contribution < 1.29 is 13.6 Å². The fourth-order valence-corrected chi connectivity index (χ4v) is 3.21. The molecule has 1 amide bonds. The predicted octanol–water partition coefficient (Wildman–Crippen LogP) is 2.42. The van der Waals surface area contributed by atoms with Gasteiger partial charge in [-0.05, 0) is 31.0 Å². The van der Waals surface area contributed by atoms with Crippen molar-refractivity contribution in [2.75, 3.05) is 6.54 Å². The molecule has 23 heavy (non-hydrogen) atoms. The molecule has 0 saturated carbocycles. The molecule has 1 aromatic carbocycles. The van der Waals surface area contributed by atoms with E-state index in [1.165, 1.54) is 11.2 Å². The third kappa shape index (κ3) is 3.12. The Balaban J connectivity index is 1.88. The van der Waals surface area contributed by atoms with Crippen molar-refractivity contribution in [2.24, 2.45) is 0 Å². The van der Waals surface area contributed by atoms with Crippen LogP contribution in [-0.4, -0.2) is 39.4 Å². The van der Waals surface area contributed by atoms with E-state index in [2.05, 4.69) is 20.9 Å². The van der Waals surface area contributed by atoms with Crippen LogP contribution in [0, 0.1) is 0 Å². The zero-order valence-corrected chi connectivity index (χ0v) is 13.7. The number of benzene rings is 1. The summed E-state index contributed by atoms with van der Waals surface area (Å²) < 4.78 is 27.8. The van der Waals surface area contributed by atoms with Gasteiger partial charge >= 0.3 is 0 Å². The molecule has 1 fully saturated rings. The molecule has 5 nitrogen and oxygen atoms in total. The first-order chi connectivity index (χ1) is 11.0. The minimum absolute atomic E-state index is 0.280. The largest absolute Gasteiger partial charge is 0.332 e. The van der Waals surface area contributed by atoms with Crippen LogP contribution in [-0.2, 0) is 11.3 Å². The van der Waals surface area contributed by atoms with Crippen LogP contribution in [0.3, 0.4) is 0 Å². The summed E-state index contributed by atoms with van der Waals surface area (Å²) in [5.74, 6) is -0.481. The van der Waals surface area contributed by atoms with Crippen molar-refractivity contribution in [3.05, 3.63) is 39.4 Å². The van der Waals surface area contributed by atoms with E-state index in [1.807, 2.05) is 0 Å². The lowest BCUT2D eigenvalue weighted by Crippen LogP contribution is -2.42. The molecule has 1 aromatic heterocycles. The second-order valence-electron chi connectivity index (χ2n) is 5.47. The highest BCUT2D eigenvalue weighted by atomic mass is 79.9. The molecular formula is C15H14BrF2N3O2. The van der Waals surface area contributed by atoms with E-state index < -0.39 is 18.4 Å². The number of halogens is 3. The summed E-state index contributed by atoms with van der Waals surface area (Å²) in [5, 5.41) is 0.376. The standard InChI is InChI=1S/C15H14BrF2N3O2/c16-9-3-4-11-10(6-9)15(23)20(8-19-11)7-13(22)21-5-1-2-12(21)14(17)18/h3-4,6,8,12,14H,1-2,5,7H2/t12-/m1/s1. The molecule has 8 heteroatoms. The number of carbonyl (C=O) groups is 1. The van der Waals surface area contributed by atoms with Gasteiger partial charge in [-0.1, -0.05) is 15.9 Å². The molecule has 0 spiro atoms. The van der Waals surface area contributed by atoms with Gasteiger partial charge in [-0.15, -0.1) is 0 Å². The van der Waals surface area contributed by atoms with Crippen molar-refractivity contribution >= 4 is 32.7 Å². The van der Waals surface area contributed by atoms with Gasteiger partial charge in [0.2, 0.25) is 5.91 Å². The number of amides is 1. The first-order valence-electron chi connectivity index (χ1n) is 7.19. The van der Waals surface area contributed by atoms with Crippen molar-refractivity contribution in [3.63, 3.8) is 0 Å². The van der Waals surface area contributed by atoms with Crippen LogP contribution in [0.5, 0.6) is 0 Å². The molecule has 1 aliphatic rings. The van der Waals surface area contributed by atoms with Crippen molar-refractivity contribution in [2.45, 2.75) is 31.9 Å². The molecule has 3 rings (SSSR count). The summed E-state index contributed by atoms with van der Waals surface area (Å²) in [7, 11) is 0. The SMILES string of the molecule is O=C(Cn1cnc2ccc(Br)cc2c1=O)N1CCC[C@@H]1C(F)F. The molecule has 0 bridgehead atoms. The Morgan fingerprint density at radius 1 is 1.43 bits per heavy atom. The molecule has 1 aliphatic heterocycles. The van der Waals surface area contributed by atoms with E-state index in [1.54, 1.807) is 18.2 Å². The molecule has 0 radical (unpaired) electrons. The Labute approximate surface area is 139 Å². The molecule has 0 N–H and O–H groups in total. The Morgan fingerprint density at radius 2 is 2.22 bits per heavy atom. The zero-order valence-electron chi connectivity index (χ0n) is 12.1. The van der Waals surface area contributed by atoms with Gasteiger partial charge in [0.05, 0.1) is 23.3 Å². The lowest BCUT2D eigenvalue weighted by molar-refractivity contribution is -0.135. The third-order valence-corrected chi connectivity index (χ3v) is 4.50. The maximum Gasteiger partial charge on any atom is 0.261 e. The molecule has 0 aliphatic carbocycles. The number of hydrogen-bond acceptors (Lipinski definition) is 3. The number of aromatic nitrogens is 2. The monoisotopic (exact) mass is 385 g/mol. The Bertz CT molecular complexity index is 809. The van der Waals surface area contributed by atoms with Crippen LogP contribution < -0.4 is 5.56 Å². The van der Waals surface area contributed by atoms with Gasteiger partial charge in [0.1, 0.15) is 6.54 Å². The number of hydrogen-bond donors (Lipinski definition) is 0. The van der Waals surface area contributed by atoms with E-state index >= 15 is 0 Å². The van der Waals surface area contributed by atoms with Gasteiger partial charge in [0, 0.05) is 11.0 Å². The van der Waals surface area contributed by atoms with Crippen molar-refractivity contribution in [3.8, 4) is 0 Å². The number of alkyl halides is 2. The minimum atomic E-state index is -2.57. The molecule has 0 unspecified atom stereocenters. The smallest absolute Gasteiger partial charge is 0.261 e. The van der Waals surface area contributed by atoms with Crippen LogP contribution in [0.2, 0.25) is 0 Å². The van der Waals surface area contributed by atoms with Crippen LogP contribution >= 0.6 is 15.9 Å². The quantitative estimate of drug-likeness (QED) is 0.814. The maximum absolute atomic E-state index is 12.9. The minimum Gasteiger partial charge on any atom is -0.332 e. The second kappa shape index (κ2) is 6.35. The number of carbonyl (C=O) groups excluding carboxylic acids is 1. The Kier molecular flexibility index (Phi) is 4.43. The van der Waals surface area contributed by atoms with Gasteiger partial charge in [0.25, 0.3) is 12.0 Å². The summed E-state index contributed by atoms with van der Waals surface area (Å²) in [5.41, 5.74) is 0.158. The van der Waals surface area contributed by atoms with E-state index in [4.69, 9.17) is 0 Å². The van der Waals surface area contributed by atoms with E-state index in [0.717, 1.165) is 9.04 Å². The highest BCUT2D eigenvalue weighted by Gasteiger charge is 2.35. The van der Waals surface area contributed by atoms with E-state index in [9.17, 15) is 18.4 Å². The van der Waals surface area contributed by atoms with Gasteiger partial charge in [-0.2, -0.15) is 0 Å². The lowest BCUT2D eigenvalue weighted by Gasteiger charge is -2.24. The first kappa shape index (κ1) is 16.0. The van der Waals surface area contributed by atoms with Gasteiger partial charge in [-0.25, -0.2) is 13.8 Å². The number of likely N-dealkylation sites (tertiary alicyclic amines) is 1. The Morgan fingerprint density at radius 3 is 2.96 bits per heavy atom. The van der Waals surface area contributed by atoms with Gasteiger partial charge in [-0.3, -0.25) is 14.2 Å². The summed E-state index contributed by atoms with van der Waals surface area (Å²) in [6, 6.07) is 4.03. The van der Waals surface area contributed by atoms with Crippen LogP contribution in [0.4, 0.5) is 8.78 Å². The molecule has 2 heterocycles. The second-order valence-corrected chi connectivity index (χ2v) is 6.39. The normalized spacial score (nSPS) is 18.1. The van der Waals surface area contributed by atoms with Crippen LogP contribution in [0.1, 0.15) is 12.8 Å². The summed E-state index contributed by atoms with van der Waals surface area (Å²) in [4.78, 5) is 30.0. The maximum atomic E-state index is 12.9.